The molecule has 4 nitrogen and oxygen atoms in total. The number of halogens is 3. The van der Waals surface area contributed by atoms with Crippen molar-refractivity contribution in [3.8, 4) is 6.07 Å². The van der Waals surface area contributed by atoms with E-state index >= 15 is 0 Å². The highest BCUT2D eigenvalue weighted by molar-refractivity contribution is 7.54. The first-order chi connectivity index (χ1) is 8.22. The first-order valence-electron chi connectivity index (χ1n) is 5.28. The van der Waals surface area contributed by atoms with E-state index in [1.165, 1.54) is 19.9 Å². The molecule has 0 aliphatic rings. The van der Waals surface area contributed by atoms with Crippen LogP contribution in [0.3, 0.4) is 0 Å². The monoisotopic (exact) mass is 285 g/mol. The van der Waals surface area contributed by atoms with E-state index < -0.39 is 25.0 Å². The molecule has 0 saturated heterocycles. The minimum absolute atomic E-state index is 0.0424. The molecule has 0 N–H and O–H groups in total. The van der Waals surface area contributed by atoms with Gasteiger partial charge in [-0.3, -0.25) is 4.57 Å². The van der Waals surface area contributed by atoms with Crippen molar-refractivity contribution < 1.29 is 26.8 Å². The minimum atomic E-state index is -4.75. The van der Waals surface area contributed by atoms with Crippen molar-refractivity contribution in [2.75, 3.05) is 13.2 Å². The lowest BCUT2D eigenvalue weighted by Gasteiger charge is -2.26. The third kappa shape index (κ3) is 4.45. The Morgan fingerprint density at radius 1 is 1.39 bits per heavy atom. The Morgan fingerprint density at radius 3 is 2.11 bits per heavy atom. The molecule has 0 saturated carbocycles. The lowest BCUT2D eigenvalue weighted by atomic mass is 10.2. The van der Waals surface area contributed by atoms with Crippen LogP contribution in [-0.4, -0.2) is 25.0 Å². The van der Waals surface area contributed by atoms with Gasteiger partial charge < -0.3 is 9.05 Å². The molecule has 0 radical (unpaired) electrons. The van der Waals surface area contributed by atoms with Crippen LogP contribution in [0.2, 0.25) is 0 Å². The molecule has 18 heavy (non-hydrogen) atoms. The standard InChI is InChI=1S/C10H15F3NO3P/c1-4-16-18(15,17-5-2)8(3)9(6-7-14)10(11,12)13/h6,8H,4-5H2,1-3H3/b9-6-. The topological polar surface area (TPSA) is 59.3 Å². The van der Waals surface area contributed by atoms with Crippen molar-refractivity contribution in [1.82, 2.24) is 0 Å². The number of hydrogen-bond donors (Lipinski definition) is 0. The lowest BCUT2D eigenvalue weighted by molar-refractivity contribution is -0.0938. The van der Waals surface area contributed by atoms with E-state index in [9.17, 15) is 17.7 Å². The van der Waals surface area contributed by atoms with Gasteiger partial charge in [-0.15, -0.1) is 0 Å². The third-order valence-electron chi connectivity index (χ3n) is 2.09. The van der Waals surface area contributed by atoms with Gasteiger partial charge in [0.15, 0.2) is 0 Å². The van der Waals surface area contributed by atoms with E-state index in [1.807, 2.05) is 0 Å². The molecule has 1 unspecified atom stereocenters. The first-order valence-corrected chi connectivity index (χ1v) is 6.89. The van der Waals surface area contributed by atoms with Gasteiger partial charge in [0.25, 0.3) is 0 Å². The van der Waals surface area contributed by atoms with Gasteiger partial charge in [0.1, 0.15) is 0 Å². The van der Waals surface area contributed by atoms with Crippen molar-refractivity contribution in [2.24, 2.45) is 0 Å². The van der Waals surface area contributed by atoms with Gasteiger partial charge in [-0.25, -0.2) is 0 Å². The van der Waals surface area contributed by atoms with Crippen molar-refractivity contribution in [3.05, 3.63) is 11.6 Å². The Kier molecular flexibility index (Phi) is 6.61. The summed E-state index contributed by atoms with van der Waals surface area (Å²) in [4.78, 5) is 0. The largest absolute Gasteiger partial charge is 0.414 e. The number of allylic oxidation sites excluding steroid dienone is 2. The molecule has 0 amide bonds. The number of nitriles is 1. The molecule has 0 rings (SSSR count). The van der Waals surface area contributed by atoms with Crippen molar-refractivity contribution in [2.45, 2.75) is 32.6 Å². The summed E-state index contributed by atoms with van der Waals surface area (Å²) in [7, 11) is -3.93. The summed E-state index contributed by atoms with van der Waals surface area (Å²) in [5.74, 6) is 0. The molecule has 0 aromatic heterocycles. The van der Waals surface area contributed by atoms with Crippen LogP contribution < -0.4 is 0 Å². The predicted molar refractivity (Wildman–Crippen MR) is 60.1 cm³/mol. The Labute approximate surface area is 104 Å². The zero-order valence-electron chi connectivity index (χ0n) is 10.3. The fourth-order valence-corrected chi connectivity index (χ4v) is 3.10. The maximum Gasteiger partial charge on any atom is 0.414 e. The Bertz CT molecular complexity index is 377. The number of hydrogen-bond acceptors (Lipinski definition) is 4. The van der Waals surface area contributed by atoms with Gasteiger partial charge in [0.05, 0.1) is 30.5 Å². The molecule has 0 aromatic rings. The second-order valence-corrected chi connectivity index (χ2v) is 5.65. The van der Waals surface area contributed by atoms with Crippen LogP contribution in [0.25, 0.3) is 0 Å². The second kappa shape index (κ2) is 6.93. The van der Waals surface area contributed by atoms with E-state index in [-0.39, 0.29) is 13.2 Å². The number of alkyl halides is 3. The zero-order chi connectivity index (χ0) is 14.4. The summed E-state index contributed by atoms with van der Waals surface area (Å²) in [5, 5.41) is 8.38. The summed E-state index contributed by atoms with van der Waals surface area (Å²) < 4.78 is 60.0. The van der Waals surface area contributed by atoms with Crippen molar-refractivity contribution >= 4 is 7.60 Å². The van der Waals surface area contributed by atoms with E-state index in [2.05, 4.69) is 0 Å². The molecule has 0 aromatic carbocycles. The predicted octanol–water partition coefficient (Wildman–Crippen LogP) is 3.65. The van der Waals surface area contributed by atoms with Gasteiger partial charge in [-0.2, -0.15) is 18.4 Å². The smallest absolute Gasteiger partial charge is 0.308 e. The van der Waals surface area contributed by atoms with Crippen LogP contribution in [0.5, 0.6) is 0 Å². The fourth-order valence-electron chi connectivity index (χ4n) is 1.30. The lowest BCUT2D eigenvalue weighted by Crippen LogP contribution is -2.24. The number of rotatable bonds is 6. The van der Waals surface area contributed by atoms with Crippen LogP contribution >= 0.6 is 7.60 Å². The fraction of sp³-hybridized carbons (Fsp3) is 0.700. The Morgan fingerprint density at radius 2 is 1.83 bits per heavy atom. The molecule has 104 valence electrons. The molecule has 0 aliphatic heterocycles. The minimum Gasteiger partial charge on any atom is -0.308 e. The normalized spacial score (nSPS) is 15.3. The molecule has 0 fully saturated rings. The molecule has 0 heterocycles. The van der Waals surface area contributed by atoms with Crippen LogP contribution in [0.4, 0.5) is 13.2 Å². The SMILES string of the molecule is CCOP(=O)(OCC)C(C)/C(=C/C#N)C(F)(F)F. The molecule has 0 bridgehead atoms. The summed E-state index contributed by atoms with van der Waals surface area (Å²) in [6, 6.07) is 1.30. The van der Waals surface area contributed by atoms with Gasteiger partial charge in [-0.05, 0) is 20.8 Å². The quantitative estimate of drug-likeness (QED) is 0.552. The van der Waals surface area contributed by atoms with Gasteiger partial charge in [-0.1, -0.05) is 0 Å². The van der Waals surface area contributed by atoms with Gasteiger partial charge in [0, 0.05) is 6.08 Å². The highest BCUT2D eigenvalue weighted by Gasteiger charge is 2.46. The van der Waals surface area contributed by atoms with Crippen LogP contribution in [0, 0.1) is 11.3 Å². The Hall–Kier alpha value is -0.830. The van der Waals surface area contributed by atoms with E-state index in [0.717, 1.165) is 6.92 Å². The second-order valence-electron chi connectivity index (χ2n) is 3.28. The van der Waals surface area contributed by atoms with E-state index in [4.69, 9.17) is 14.3 Å². The first kappa shape index (κ1) is 17.2. The highest BCUT2D eigenvalue weighted by Crippen LogP contribution is 2.57. The maximum atomic E-state index is 12.7. The average Bonchev–Trinajstić information content (AvgIpc) is 2.24. The molecular formula is C10H15F3NO3P. The highest BCUT2D eigenvalue weighted by atomic mass is 31.2. The summed E-state index contributed by atoms with van der Waals surface area (Å²) >= 11 is 0. The molecule has 8 heteroatoms. The summed E-state index contributed by atoms with van der Waals surface area (Å²) in [5.41, 5.74) is -2.76. The zero-order valence-corrected chi connectivity index (χ0v) is 11.2. The maximum absolute atomic E-state index is 12.7. The molecule has 0 aliphatic carbocycles. The van der Waals surface area contributed by atoms with E-state index in [1.54, 1.807) is 0 Å². The van der Waals surface area contributed by atoms with E-state index in [0.29, 0.717) is 6.08 Å². The molecule has 0 spiro atoms. The summed E-state index contributed by atoms with van der Waals surface area (Å²) in [6.07, 6.45) is -4.42. The summed E-state index contributed by atoms with van der Waals surface area (Å²) in [6.45, 7) is 3.99. The van der Waals surface area contributed by atoms with Gasteiger partial charge in [0.2, 0.25) is 0 Å². The van der Waals surface area contributed by atoms with Gasteiger partial charge >= 0.3 is 13.8 Å². The van der Waals surface area contributed by atoms with Crippen LogP contribution in [-0.2, 0) is 13.6 Å². The molecule has 1 atom stereocenters. The third-order valence-corrected chi connectivity index (χ3v) is 4.55. The van der Waals surface area contributed by atoms with Crippen LogP contribution in [0.1, 0.15) is 20.8 Å². The Balaban J connectivity index is 5.42. The molecular weight excluding hydrogens is 270 g/mol. The van der Waals surface area contributed by atoms with Crippen molar-refractivity contribution in [3.63, 3.8) is 0 Å². The number of nitrogens with zero attached hydrogens (tertiary/aromatic N) is 1. The van der Waals surface area contributed by atoms with Crippen LogP contribution in [0.15, 0.2) is 11.6 Å². The van der Waals surface area contributed by atoms with Crippen molar-refractivity contribution in [1.29, 1.82) is 5.26 Å². The average molecular weight is 285 g/mol.